The Balaban J connectivity index is 1.80. The van der Waals surface area contributed by atoms with Crippen molar-refractivity contribution in [2.24, 2.45) is 5.73 Å². The van der Waals surface area contributed by atoms with Crippen LogP contribution in [0.5, 0.6) is 0 Å². The molecule has 0 bridgehead atoms. The highest BCUT2D eigenvalue weighted by Crippen LogP contribution is 2.24. The highest BCUT2D eigenvalue weighted by Gasteiger charge is 2.12. The minimum atomic E-state index is -0.944. The number of hydrogen-bond donors (Lipinski definition) is 2. The fraction of sp³-hybridized carbons (Fsp3) is 0.100. The van der Waals surface area contributed by atoms with Gasteiger partial charge in [-0.3, -0.25) is 4.98 Å². The Bertz CT molecular complexity index is 830. The second-order valence-corrected chi connectivity index (χ2v) is 5.61. The summed E-state index contributed by atoms with van der Waals surface area (Å²) in [6, 6.07) is 20.5. The lowest BCUT2D eigenvalue weighted by Crippen LogP contribution is -2.13. The smallest absolute Gasteiger partial charge is 0.336 e. The van der Waals surface area contributed by atoms with Crippen LogP contribution in [0.4, 0.5) is 0 Å². The van der Waals surface area contributed by atoms with Gasteiger partial charge in [0, 0.05) is 29.9 Å². The second kappa shape index (κ2) is 7.06. The molecule has 0 saturated carbocycles. The average Bonchev–Trinajstić information content (AvgIpc) is 2.63. The Labute approximate surface area is 140 Å². The molecule has 4 heteroatoms. The number of rotatable bonds is 5. The molecular weight excluding hydrogens is 300 g/mol. The fourth-order valence-electron chi connectivity index (χ4n) is 2.67. The van der Waals surface area contributed by atoms with Crippen LogP contribution in [0.15, 0.2) is 72.9 Å². The molecule has 1 unspecified atom stereocenters. The summed E-state index contributed by atoms with van der Waals surface area (Å²) in [6.07, 6.45) is 2.33. The van der Waals surface area contributed by atoms with Crippen LogP contribution >= 0.6 is 0 Å². The summed E-state index contributed by atoms with van der Waals surface area (Å²) in [6.45, 7) is 0. The monoisotopic (exact) mass is 318 g/mol. The van der Waals surface area contributed by atoms with Crippen LogP contribution in [0.2, 0.25) is 0 Å². The van der Waals surface area contributed by atoms with E-state index >= 15 is 0 Å². The molecule has 0 radical (unpaired) electrons. The fourth-order valence-corrected chi connectivity index (χ4v) is 2.67. The SMILES string of the molecule is NC(Cc1ccc(-c2ccccc2C(=O)O)cn1)c1ccccc1. The van der Waals surface area contributed by atoms with E-state index in [0.29, 0.717) is 12.0 Å². The van der Waals surface area contributed by atoms with Crippen LogP contribution < -0.4 is 5.73 Å². The highest BCUT2D eigenvalue weighted by atomic mass is 16.4. The van der Waals surface area contributed by atoms with E-state index in [0.717, 1.165) is 16.8 Å². The predicted octanol–water partition coefficient (Wildman–Crippen LogP) is 3.69. The molecule has 0 aliphatic carbocycles. The van der Waals surface area contributed by atoms with E-state index in [1.54, 1.807) is 24.4 Å². The molecule has 0 aliphatic rings. The van der Waals surface area contributed by atoms with Crippen molar-refractivity contribution in [1.29, 1.82) is 0 Å². The molecule has 3 rings (SSSR count). The maximum atomic E-state index is 11.3. The van der Waals surface area contributed by atoms with E-state index in [2.05, 4.69) is 4.98 Å². The lowest BCUT2D eigenvalue weighted by Gasteiger charge is -2.12. The first-order chi connectivity index (χ1) is 11.6. The van der Waals surface area contributed by atoms with Gasteiger partial charge in [-0.15, -0.1) is 0 Å². The summed E-state index contributed by atoms with van der Waals surface area (Å²) in [7, 11) is 0. The first kappa shape index (κ1) is 15.9. The van der Waals surface area contributed by atoms with Crippen LogP contribution in [-0.4, -0.2) is 16.1 Å². The molecule has 3 aromatic rings. The summed E-state index contributed by atoms with van der Waals surface area (Å²) < 4.78 is 0. The third-order valence-electron chi connectivity index (χ3n) is 3.95. The number of carbonyl (C=O) groups is 1. The Morgan fingerprint density at radius 1 is 1.00 bits per heavy atom. The zero-order valence-corrected chi connectivity index (χ0v) is 13.1. The van der Waals surface area contributed by atoms with E-state index in [9.17, 15) is 9.90 Å². The number of hydrogen-bond acceptors (Lipinski definition) is 3. The Morgan fingerprint density at radius 2 is 1.71 bits per heavy atom. The molecule has 1 heterocycles. The molecule has 0 spiro atoms. The zero-order chi connectivity index (χ0) is 16.9. The van der Waals surface area contributed by atoms with Gasteiger partial charge >= 0.3 is 5.97 Å². The van der Waals surface area contributed by atoms with Crippen molar-refractivity contribution in [1.82, 2.24) is 4.98 Å². The van der Waals surface area contributed by atoms with Gasteiger partial charge in [0.1, 0.15) is 0 Å². The summed E-state index contributed by atoms with van der Waals surface area (Å²) in [5, 5.41) is 9.29. The minimum Gasteiger partial charge on any atom is -0.478 e. The molecule has 24 heavy (non-hydrogen) atoms. The summed E-state index contributed by atoms with van der Waals surface area (Å²) in [5.74, 6) is -0.944. The molecule has 0 aliphatic heterocycles. The van der Waals surface area contributed by atoms with Crippen molar-refractivity contribution < 1.29 is 9.90 Å². The maximum Gasteiger partial charge on any atom is 0.336 e. The zero-order valence-electron chi connectivity index (χ0n) is 13.1. The number of carboxylic acids is 1. The Hall–Kier alpha value is -2.98. The largest absolute Gasteiger partial charge is 0.478 e. The van der Waals surface area contributed by atoms with Crippen LogP contribution in [0, 0.1) is 0 Å². The van der Waals surface area contributed by atoms with Gasteiger partial charge < -0.3 is 10.8 Å². The van der Waals surface area contributed by atoms with Gasteiger partial charge in [-0.1, -0.05) is 54.6 Å². The number of aromatic nitrogens is 1. The second-order valence-electron chi connectivity index (χ2n) is 5.61. The van der Waals surface area contributed by atoms with Gasteiger partial charge in [0.2, 0.25) is 0 Å². The number of pyridine rings is 1. The first-order valence-corrected chi connectivity index (χ1v) is 7.73. The van der Waals surface area contributed by atoms with Crippen LogP contribution in [-0.2, 0) is 6.42 Å². The van der Waals surface area contributed by atoms with Crippen LogP contribution in [0.1, 0.15) is 27.7 Å². The molecule has 1 aromatic heterocycles. The molecule has 1 atom stereocenters. The van der Waals surface area contributed by atoms with Crippen molar-refractivity contribution in [3.63, 3.8) is 0 Å². The van der Waals surface area contributed by atoms with E-state index in [1.807, 2.05) is 48.5 Å². The van der Waals surface area contributed by atoms with Gasteiger partial charge in [-0.05, 0) is 23.3 Å². The predicted molar refractivity (Wildman–Crippen MR) is 93.7 cm³/mol. The molecule has 3 N–H and O–H groups in total. The molecule has 0 fully saturated rings. The Morgan fingerprint density at radius 3 is 2.38 bits per heavy atom. The lowest BCUT2D eigenvalue weighted by atomic mass is 9.99. The third kappa shape index (κ3) is 3.50. The number of nitrogens with two attached hydrogens (primary N) is 1. The van der Waals surface area contributed by atoms with Crippen molar-refractivity contribution in [3.05, 3.63) is 89.7 Å². The molecular formula is C20H18N2O2. The number of benzene rings is 2. The minimum absolute atomic E-state index is 0.115. The normalized spacial score (nSPS) is 11.9. The first-order valence-electron chi connectivity index (χ1n) is 7.73. The maximum absolute atomic E-state index is 11.3. The molecule has 2 aromatic carbocycles. The van der Waals surface area contributed by atoms with Crippen molar-refractivity contribution in [2.45, 2.75) is 12.5 Å². The van der Waals surface area contributed by atoms with E-state index in [-0.39, 0.29) is 11.6 Å². The van der Waals surface area contributed by atoms with E-state index in [4.69, 9.17) is 5.73 Å². The summed E-state index contributed by atoms with van der Waals surface area (Å²) >= 11 is 0. The quantitative estimate of drug-likeness (QED) is 0.752. The highest BCUT2D eigenvalue weighted by molar-refractivity contribution is 5.95. The molecule has 0 saturated heterocycles. The standard InChI is InChI=1S/C20H18N2O2/c21-19(14-6-2-1-3-7-14)12-16-11-10-15(13-22-16)17-8-4-5-9-18(17)20(23)24/h1-11,13,19H,12,21H2,(H,23,24). The van der Waals surface area contributed by atoms with E-state index in [1.165, 1.54) is 0 Å². The Kier molecular flexibility index (Phi) is 4.68. The van der Waals surface area contributed by atoms with Gasteiger partial charge in [-0.25, -0.2) is 4.79 Å². The summed E-state index contributed by atoms with van der Waals surface area (Å²) in [4.78, 5) is 15.8. The lowest BCUT2D eigenvalue weighted by molar-refractivity contribution is 0.0697. The number of carboxylic acid groups (broad SMARTS) is 1. The van der Waals surface area contributed by atoms with Gasteiger partial charge in [0.15, 0.2) is 0 Å². The molecule has 120 valence electrons. The van der Waals surface area contributed by atoms with Crippen molar-refractivity contribution in [3.8, 4) is 11.1 Å². The van der Waals surface area contributed by atoms with E-state index < -0.39 is 5.97 Å². The number of aromatic carboxylic acids is 1. The van der Waals surface area contributed by atoms with Crippen LogP contribution in [0.25, 0.3) is 11.1 Å². The van der Waals surface area contributed by atoms with Crippen LogP contribution in [0.3, 0.4) is 0 Å². The van der Waals surface area contributed by atoms with Crippen molar-refractivity contribution >= 4 is 5.97 Å². The number of nitrogens with zero attached hydrogens (tertiary/aromatic N) is 1. The summed E-state index contributed by atoms with van der Waals surface area (Å²) in [5.41, 5.74) is 9.89. The van der Waals surface area contributed by atoms with Gasteiger partial charge in [-0.2, -0.15) is 0 Å². The van der Waals surface area contributed by atoms with Gasteiger partial charge in [0.25, 0.3) is 0 Å². The average molecular weight is 318 g/mol. The third-order valence-corrected chi connectivity index (χ3v) is 3.95. The molecule has 0 amide bonds. The molecule has 4 nitrogen and oxygen atoms in total. The van der Waals surface area contributed by atoms with Gasteiger partial charge in [0.05, 0.1) is 5.56 Å². The topological polar surface area (TPSA) is 76.2 Å². The van der Waals surface area contributed by atoms with Crippen molar-refractivity contribution in [2.75, 3.05) is 0 Å².